The number of anilines is 2. The van der Waals surface area contributed by atoms with Crippen LogP contribution in [-0.4, -0.2) is 29.4 Å². The first kappa shape index (κ1) is 11.1. The van der Waals surface area contributed by atoms with Gasteiger partial charge < -0.3 is 10.6 Å². The zero-order valence-electron chi connectivity index (χ0n) is 10.0. The van der Waals surface area contributed by atoms with E-state index in [-0.39, 0.29) is 11.9 Å². The first-order valence-corrected chi connectivity index (χ1v) is 6.16. The van der Waals surface area contributed by atoms with E-state index in [4.69, 9.17) is 5.73 Å². The molecule has 0 radical (unpaired) electrons. The molecule has 1 saturated heterocycles. The molecule has 94 valence electrons. The van der Waals surface area contributed by atoms with E-state index in [1.165, 1.54) is 4.90 Å². The zero-order valence-corrected chi connectivity index (χ0v) is 10.0. The van der Waals surface area contributed by atoms with Gasteiger partial charge in [0, 0.05) is 24.7 Å². The Labute approximate surface area is 105 Å². The summed E-state index contributed by atoms with van der Waals surface area (Å²) in [6.07, 6.45) is 2.50. The summed E-state index contributed by atoms with van der Waals surface area (Å²) in [5, 5.41) is 0. The summed E-state index contributed by atoms with van der Waals surface area (Å²) in [6, 6.07) is 6.96. The molecule has 0 aromatic heterocycles. The zero-order chi connectivity index (χ0) is 12.7. The molecule has 2 aliphatic rings. The van der Waals surface area contributed by atoms with Crippen molar-refractivity contribution in [2.45, 2.75) is 25.3 Å². The molecule has 3 amide bonds. The summed E-state index contributed by atoms with van der Waals surface area (Å²) < 4.78 is 0. The van der Waals surface area contributed by atoms with Crippen molar-refractivity contribution in [1.82, 2.24) is 4.90 Å². The number of carbonyl (C=O) groups excluding carboxylic acids is 2. The molecule has 1 saturated carbocycles. The number of nitrogen functional groups attached to an aromatic ring is 1. The Morgan fingerprint density at radius 2 is 1.78 bits per heavy atom. The van der Waals surface area contributed by atoms with Gasteiger partial charge in [-0.1, -0.05) is 0 Å². The van der Waals surface area contributed by atoms with Crippen LogP contribution in [0.4, 0.5) is 16.2 Å². The molecule has 5 heteroatoms. The molecule has 1 aliphatic carbocycles. The van der Waals surface area contributed by atoms with Crippen LogP contribution in [0.3, 0.4) is 0 Å². The number of rotatable bonds is 2. The van der Waals surface area contributed by atoms with Gasteiger partial charge in [-0.05, 0) is 37.1 Å². The summed E-state index contributed by atoms with van der Waals surface area (Å²) in [6.45, 7) is 0.549. The number of nitrogens with zero attached hydrogens (tertiary/aromatic N) is 2. The van der Waals surface area contributed by atoms with Gasteiger partial charge in [0.2, 0.25) is 5.91 Å². The lowest BCUT2D eigenvalue weighted by atomic mass is 10.2. The molecule has 0 atom stereocenters. The van der Waals surface area contributed by atoms with Gasteiger partial charge in [-0.2, -0.15) is 0 Å². The maximum atomic E-state index is 12.3. The SMILES string of the molecule is Nc1ccc(N2C(=O)CCN(C3CC3)C2=O)cc1. The fourth-order valence-corrected chi connectivity index (χ4v) is 2.26. The molecule has 1 heterocycles. The Morgan fingerprint density at radius 1 is 1.11 bits per heavy atom. The molecular formula is C13H15N3O2. The third kappa shape index (κ3) is 1.81. The Kier molecular flexibility index (Phi) is 2.47. The van der Waals surface area contributed by atoms with Crippen LogP contribution in [-0.2, 0) is 4.79 Å². The fraction of sp³-hybridized carbons (Fsp3) is 0.385. The Morgan fingerprint density at radius 3 is 2.39 bits per heavy atom. The number of nitrogens with two attached hydrogens (primary N) is 1. The fourth-order valence-electron chi connectivity index (χ4n) is 2.26. The van der Waals surface area contributed by atoms with Crippen molar-refractivity contribution in [1.29, 1.82) is 0 Å². The molecule has 2 N–H and O–H groups in total. The molecule has 0 bridgehead atoms. The van der Waals surface area contributed by atoms with Crippen LogP contribution in [0.25, 0.3) is 0 Å². The van der Waals surface area contributed by atoms with Gasteiger partial charge in [0.05, 0.1) is 5.69 Å². The lowest BCUT2D eigenvalue weighted by molar-refractivity contribution is -0.119. The minimum absolute atomic E-state index is 0.137. The van der Waals surface area contributed by atoms with Crippen LogP contribution in [0.1, 0.15) is 19.3 Å². The van der Waals surface area contributed by atoms with Crippen LogP contribution in [0, 0.1) is 0 Å². The second-order valence-corrected chi connectivity index (χ2v) is 4.78. The Hall–Kier alpha value is -2.04. The number of carbonyl (C=O) groups is 2. The lowest BCUT2D eigenvalue weighted by Gasteiger charge is -2.34. The highest BCUT2D eigenvalue weighted by molar-refractivity contribution is 6.15. The maximum Gasteiger partial charge on any atom is 0.331 e. The molecule has 5 nitrogen and oxygen atoms in total. The molecule has 1 aromatic carbocycles. The average molecular weight is 245 g/mol. The largest absolute Gasteiger partial charge is 0.399 e. The van der Waals surface area contributed by atoms with Gasteiger partial charge in [0.15, 0.2) is 0 Å². The van der Waals surface area contributed by atoms with Crippen molar-refractivity contribution in [3.05, 3.63) is 24.3 Å². The van der Waals surface area contributed by atoms with Crippen LogP contribution >= 0.6 is 0 Å². The van der Waals surface area contributed by atoms with Gasteiger partial charge in [-0.15, -0.1) is 0 Å². The summed E-state index contributed by atoms with van der Waals surface area (Å²) in [7, 11) is 0. The highest BCUT2D eigenvalue weighted by Gasteiger charge is 2.40. The molecule has 1 aromatic rings. The van der Waals surface area contributed by atoms with Crippen molar-refractivity contribution in [2.24, 2.45) is 0 Å². The number of urea groups is 1. The van der Waals surface area contributed by atoms with Crippen molar-refractivity contribution in [2.75, 3.05) is 17.2 Å². The van der Waals surface area contributed by atoms with Crippen LogP contribution in [0.5, 0.6) is 0 Å². The van der Waals surface area contributed by atoms with Crippen LogP contribution in [0.2, 0.25) is 0 Å². The second kappa shape index (κ2) is 4.01. The smallest absolute Gasteiger partial charge is 0.331 e. The van der Waals surface area contributed by atoms with Gasteiger partial charge in [0.25, 0.3) is 0 Å². The van der Waals surface area contributed by atoms with Crippen molar-refractivity contribution in [3.8, 4) is 0 Å². The van der Waals surface area contributed by atoms with Crippen LogP contribution in [0.15, 0.2) is 24.3 Å². The van der Waals surface area contributed by atoms with Gasteiger partial charge >= 0.3 is 6.03 Å². The van der Waals surface area contributed by atoms with E-state index in [0.717, 1.165) is 12.8 Å². The second-order valence-electron chi connectivity index (χ2n) is 4.78. The standard InChI is InChI=1S/C13H15N3O2/c14-9-1-3-11(4-2-9)16-12(17)7-8-15(13(16)18)10-5-6-10/h1-4,10H,5-8,14H2. The van der Waals surface area contributed by atoms with Gasteiger partial charge in [0.1, 0.15) is 0 Å². The third-order valence-electron chi connectivity index (χ3n) is 3.39. The van der Waals surface area contributed by atoms with E-state index in [2.05, 4.69) is 0 Å². The van der Waals surface area contributed by atoms with Gasteiger partial charge in [-0.25, -0.2) is 9.69 Å². The minimum atomic E-state index is -0.196. The summed E-state index contributed by atoms with van der Waals surface area (Å²) in [5.41, 5.74) is 6.83. The quantitative estimate of drug-likeness (QED) is 0.804. The first-order chi connectivity index (χ1) is 8.66. The number of amides is 3. The van der Waals surface area contributed by atoms with Crippen LogP contribution < -0.4 is 10.6 Å². The van der Waals surface area contributed by atoms with E-state index < -0.39 is 0 Å². The molecule has 2 fully saturated rings. The van der Waals surface area contributed by atoms with E-state index >= 15 is 0 Å². The van der Waals surface area contributed by atoms with E-state index in [1.54, 1.807) is 29.2 Å². The predicted octanol–water partition coefficient (Wildman–Crippen LogP) is 1.59. The van der Waals surface area contributed by atoms with E-state index in [1.807, 2.05) is 0 Å². The Bertz CT molecular complexity index is 493. The van der Waals surface area contributed by atoms with Crippen molar-refractivity contribution < 1.29 is 9.59 Å². The summed E-state index contributed by atoms with van der Waals surface area (Å²) in [4.78, 5) is 27.3. The number of hydrogen-bond acceptors (Lipinski definition) is 3. The third-order valence-corrected chi connectivity index (χ3v) is 3.39. The average Bonchev–Trinajstić information content (AvgIpc) is 3.16. The molecule has 1 aliphatic heterocycles. The minimum Gasteiger partial charge on any atom is -0.399 e. The number of benzene rings is 1. The molecular weight excluding hydrogens is 230 g/mol. The number of hydrogen-bond donors (Lipinski definition) is 1. The van der Waals surface area contributed by atoms with Crippen molar-refractivity contribution >= 4 is 23.3 Å². The first-order valence-electron chi connectivity index (χ1n) is 6.16. The Balaban J connectivity index is 1.89. The predicted molar refractivity (Wildman–Crippen MR) is 68.1 cm³/mol. The lowest BCUT2D eigenvalue weighted by Crippen LogP contribution is -2.53. The van der Waals surface area contributed by atoms with Crippen molar-refractivity contribution in [3.63, 3.8) is 0 Å². The number of imide groups is 1. The normalized spacial score (nSPS) is 20.4. The topological polar surface area (TPSA) is 66.6 Å². The highest BCUT2D eigenvalue weighted by atomic mass is 16.2. The van der Waals surface area contributed by atoms with E-state index in [9.17, 15) is 9.59 Å². The van der Waals surface area contributed by atoms with Gasteiger partial charge in [-0.3, -0.25) is 4.79 Å². The molecule has 3 rings (SSSR count). The monoisotopic (exact) mass is 245 g/mol. The maximum absolute atomic E-state index is 12.3. The highest BCUT2D eigenvalue weighted by Crippen LogP contribution is 2.31. The van der Waals surface area contributed by atoms with E-state index in [0.29, 0.717) is 30.4 Å². The summed E-state index contributed by atoms with van der Waals surface area (Å²) in [5.74, 6) is -0.137. The summed E-state index contributed by atoms with van der Waals surface area (Å²) >= 11 is 0. The molecule has 18 heavy (non-hydrogen) atoms. The molecule has 0 unspecified atom stereocenters. The molecule has 0 spiro atoms.